The summed E-state index contributed by atoms with van der Waals surface area (Å²) in [7, 11) is 1.58. The number of hydrogen-bond donors (Lipinski definition) is 1. The van der Waals surface area contributed by atoms with Crippen LogP contribution in [0.15, 0.2) is 36.7 Å². The smallest absolute Gasteiger partial charge is 0.142 e. The van der Waals surface area contributed by atoms with Gasteiger partial charge in [-0.25, -0.2) is 0 Å². The van der Waals surface area contributed by atoms with E-state index in [4.69, 9.17) is 33.7 Å². The van der Waals surface area contributed by atoms with E-state index < -0.39 is 6.04 Å². The molecule has 3 nitrogen and oxygen atoms in total. The third-order valence-corrected chi connectivity index (χ3v) is 3.52. The predicted molar refractivity (Wildman–Crippen MR) is 73.3 cm³/mol. The molecule has 1 aromatic carbocycles. The van der Waals surface area contributed by atoms with Crippen LogP contribution in [-0.2, 0) is 0 Å². The van der Waals surface area contributed by atoms with E-state index in [1.165, 1.54) is 0 Å². The summed E-state index contributed by atoms with van der Waals surface area (Å²) in [4.78, 5) is 3.99. The van der Waals surface area contributed by atoms with Crippen LogP contribution in [-0.4, -0.2) is 12.1 Å². The molecule has 0 saturated heterocycles. The molecule has 0 bridgehead atoms. The van der Waals surface area contributed by atoms with E-state index >= 15 is 0 Å². The zero-order valence-electron chi connectivity index (χ0n) is 9.73. The van der Waals surface area contributed by atoms with Gasteiger partial charge in [-0.05, 0) is 17.7 Å². The fourth-order valence-corrected chi connectivity index (χ4v) is 2.17. The highest BCUT2D eigenvalue weighted by Crippen LogP contribution is 2.34. The molecule has 0 saturated carbocycles. The van der Waals surface area contributed by atoms with Crippen LogP contribution >= 0.6 is 23.2 Å². The van der Waals surface area contributed by atoms with Crippen molar-refractivity contribution in [2.75, 3.05) is 7.11 Å². The zero-order valence-corrected chi connectivity index (χ0v) is 11.2. The Morgan fingerprint density at radius 3 is 2.72 bits per heavy atom. The molecular weight excluding hydrogens is 271 g/mol. The van der Waals surface area contributed by atoms with Crippen LogP contribution in [0.2, 0.25) is 10.0 Å². The van der Waals surface area contributed by atoms with Crippen LogP contribution in [0.4, 0.5) is 0 Å². The van der Waals surface area contributed by atoms with E-state index in [2.05, 4.69) is 4.98 Å². The van der Waals surface area contributed by atoms with Crippen molar-refractivity contribution in [1.29, 1.82) is 0 Å². The lowest BCUT2D eigenvalue weighted by atomic mass is 10.00. The van der Waals surface area contributed by atoms with Crippen molar-refractivity contribution in [3.63, 3.8) is 0 Å². The molecule has 1 aromatic heterocycles. The number of pyridine rings is 1. The lowest BCUT2D eigenvalue weighted by Gasteiger charge is -2.17. The van der Waals surface area contributed by atoms with Gasteiger partial charge in [-0.15, -0.1) is 0 Å². The molecule has 0 aliphatic heterocycles. The SMILES string of the molecule is COc1cnccc1C(N)c1cccc(Cl)c1Cl. The average Bonchev–Trinajstić information content (AvgIpc) is 2.41. The predicted octanol–water partition coefficient (Wildman–Crippen LogP) is 3.45. The van der Waals surface area contributed by atoms with Gasteiger partial charge in [0.05, 0.1) is 29.4 Å². The van der Waals surface area contributed by atoms with Gasteiger partial charge in [0.1, 0.15) is 5.75 Å². The molecule has 2 aromatic rings. The topological polar surface area (TPSA) is 48.1 Å². The lowest BCUT2D eigenvalue weighted by molar-refractivity contribution is 0.406. The molecule has 0 radical (unpaired) electrons. The van der Waals surface area contributed by atoms with Crippen molar-refractivity contribution >= 4 is 23.2 Å². The molecule has 2 rings (SSSR count). The second-order valence-corrected chi connectivity index (χ2v) is 4.52. The van der Waals surface area contributed by atoms with Gasteiger partial charge in [-0.1, -0.05) is 35.3 Å². The maximum atomic E-state index is 6.21. The Morgan fingerprint density at radius 1 is 1.22 bits per heavy atom. The number of aromatic nitrogens is 1. The second-order valence-electron chi connectivity index (χ2n) is 3.74. The van der Waals surface area contributed by atoms with Crippen LogP contribution in [0.25, 0.3) is 0 Å². The van der Waals surface area contributed by atoms with Gasteiger partial charge in [0, 0.05) is 11.8 Å². The Labute approximate surface area is 115 Å². The molecule has 0 aliphatic carbocycles. The normalized spacial score (nSPS) is 12.2. The molecule has 18 heavy (non-hydrogen) atoms. The summed E-state index contributed by atoms with van der Waals surface area (Å²) in [5, 5.41) is 0.947. The van der Waals surface area contributed by atoms with Gasteiger partial charge in [-0.2, -0.15) is 0 Å². The van der Waals surface area contributed by atoms with Crippen LogP contribution in [0.3, 0.4) is 0 Å². The number of benzene rings is 1. The van der Waals surface area contributed by atoms with Gasteiger partial charge < -0.3 is 10.5 Å². The van der Waals surface area contributed by atoms with Crippen molar-refractivity contribution in [1.82, 2.24) is 4.98 Å². The molecule has 1 unspecified atom stereocenters. The molecule has 0 aliphatic rings. The van der Waals surface area contributed by atoms with E-state index in [1.807, 2.05) is 12.1 Å². The number of halogens is 2. The Bertz CT molecular complexity index is 560. The van der Waals surface area contributed by atoms with Crippen LogP contribution in [0, 0.1) is 0 Å². The summed E-state index contributed by atoms with van der Waals surface area (Å²) < 4.78 is 5.24. The molecule has 2 N–H and O–H groups in total. The zero-order chi connectivity index (χ0) is 13.1. The van der Waals surface area contributed by atoms with Gasteiger partial charge in [-0.3, -0.25) is 4.98 Å². The Hall–Kier alpha value is -1.29. The third-order valence-electron chi connectivity index (χ3n) is 2.69. The van der Waals surface area contributed by atoms with Gasteiger partial charge in [0.15, 0.2) is 0 Å². The summed E-state index contributed by atoms with van der Waals surface area (Å²) in [6.07, 6.45) is 3.28. The van der Waals surface area contributed by atoms with Crippen LogP contribution in [0.5, 0.6) is 5.75 Å². The monoisotopic (exact) mass is 282 g/mol. The third kappa shape index (κ3) is 2.43. The molecule has 94 valence electrons. The van der Waals surface area contributed by atoms with E-state index in [9.17, 15) is 0 Å². The minimum atomic E-state index is -0.408. The number of nitrogens with zero attached hydrogens (tertiary/aromatic N) is 1. The average molecular weight is 283 g/mol. The van der Waals surface area contributed by atoms with E-state index in [0.29, 0.717) is 15.8 Å². The maximum Gasteiger partial charge on any atom is 0.142 e. The summed E-state index contributed by atoms with van der Waals surface area (Å²) in [5.41, 5.74) is 7.79. The summed E-state index contributed by atoms with van der Waals surface area (Å²) >= 11 is 12.2. The lowest BCUT2D eigenvalue weighted by Crippen LogP contribution is -2.13. The molecule has 0 spiro atoms. The Kier molecular flexibility index (Phi) is 4.07. The van der Waals surface area contributed by atoms with Gasteiger partial charge in [0.2, 0.25) is 0 Å². The largest absolute Gasteiger partial charge is 0.495 e. The van der Waals surface area contributed by atoms with Crippen molar-refractivity contribution in [2.45, 2.75) is 6.04 Å². The number of rotatable bonds is 3. The number of hydrogen-bond acceptors (Lipinski definition) is 3. The molecular formula is C13H12Cl2N2O. The fraction of sp³-hybridized carbons (Fsp3) is 0.154. The summed E-state index contributed by atoms with van der Waals surface area (Å²) in [5.74, 6) is 0.626. The van der Waals surface area contributed by atoms with E-state index in [-0.39, 0.29) is 0 Å². The second kappa shape index (κ2) is 5.57. The fourth-order valence-electron chi connectivity index (χ4n) is 1.75. The van der Waals surface area contributed by atoms with Crippen molar-refractivity contribution in [3.8, 4) is 5.75 Å². The minimum Gasteiger partial charge on any atom is -0.495 e. The Morgan fingerprint density at radius 2 is 2.00 bits per heavy atom. The molecule has 1 atom stereocenters. The van der Waals surface area contributed by atoms with Crippen molar-refractivity contribution in [3.05, 3.63) is 57.8 Å². The first kappa shape index (κ1) is 13.1. The standard InChI is InChI=1S/C13H12Cl2N2O/c1-18-11-7-17-6-5-8(11)13(16)9-3-2-4-10(14)12(9)15/h2-7,13H,16H2,1H3. The molecule has 5 heteroatoms. The van der Waals surface area contributed by atoms with Gasteiger partial charge >= 0.3 is 0 Å². The first-order chi connectivity index (χ1) is 8.65. The van der Waals surface area contributed by atoms with Crippen LogP contribution in [0.1, 0.15) is 17.2 Å². The quantitative estimate of drug-likeness (QED) is 0.938. The molecule has 1 heterocycles. The summed E-state index contributed by atoms with van der Waals surface area (Å²) in [6, 6.07) is 6.79. The van der Waals surface area contributed by atoms with Gasteiger partial charge in [0.25, 0.3) is 0 Å². The first-order valence-corrected chi connectivity index (χ1v) is 6.08. The first-order valence-electron chi connectivity index (χ1n) is 5.32. The molecule has 0 fully saturated rings. The molecule has 0 amide bonds. The van der Waals surface area contributed by atoms with Crippen LogP contribution < -0.4 is 10.5 Å². The highest BCUT2D eigenvalue weighted by molar-refractivity contribution is 6.42. The van der Waals surface area contributed by atoms with Crippen molar-refractivity contribution < 1.29 is 4.74 Å². The van der Waals surface area contributed by atoms with E-state index in [1.54, 1.807) is 31.6 Å². The number of ether oxygens (including phenoxy) is 1. The number of methoxy groups -OCH3 is 1. The Balaban J connectivity index is 2.48. The van der Waals surface area contributed by atoms with E-state index in [0.717, 1.165) is 11.1 Å². The summed E-state index contributed by atoms with van der Waals surface area (Å²) in [6.45, 7) is 0. The highest BCUT2D eigenvalue weighted by Gasteiger charge is 2.17. The maximum absolute atomic E-state index is 6.21. The highest BCUT2D eigenvalue weighted by atomic mass is 35.5. The number of nitrogens with two attached hydrogens (primary N) is 1. The van der Waals surface area contributed by atoms with Crippen molar-refractivity contribution in [2.24, 2.45) is 5.73 Å². The minimum absolute atomic E-state index is 0.408.